The first kappa shape index (κ1) is 9.94. The molecule has 0 bridgehead atoms. The largest absolute Gasteiger partial charge is 0.315 e. The molecule has 0 unspecified atom stereocenters. The van der Waals surface area contributed by atoms with Crippen LogP contribution < -0.4 is 5.32 Å². The van der Waals surface area contributed by atoms with Gasteiger partial charge < -0.3 is 5.32 Å². The van der Waals surface area contributed by atoms with Gasteiger partial charge in [0, 0.05) is 22.6 Å². The average Bonchev–Trinajstić information content (AvgIpc) is 2.67. The molecule has 0 saturated carbocycles. The summed E-state index contributed by atoms with van der Waals surface area (Å²) in [5.74, 6) is 0.507. The van der Waals surface area contributed by atoms with Crippen molar-refractivity contribution in [3.05, 3.63) is 33.4 Å². The van der Waals surface area contributed by atoms with Crippen molar-refractivity contribution in [2.75, 3.05) is 13.1 Å². The topological polar surface area (TPSA) is 35.8 Å². The maximum atomic E-state index is 8.96. The molecule has 0 aliphatic carbocycles. The third kappa shape index (κ3) is 1.91. The lowest BCUT2D eigenvalue weighted by Crippen LogP contribution is -2.08. The fourth-order valence-corrected chi connectivity index (χ4v) is 2.23. The quantitative estimate of drug-likeness (QED) is 0.806. The Morgan fingerprint density at radius 1 is 1.29 bits per heavy atom. The van der Waals surface area contributed by atoms with E-state index in [1.807, 2.05) is 0 Å². The Labute approximate surface area is 97.5 Å². The molecule has 72 valence electrons. The van der Waals surface area contributed by atoms with Crippen LogP contribution in [0.15, 0.2) is 24.3 Å². The SMILES string of the molecule is N#C[C@H]1CNC[C@@H]1c1ccc(I)cc1. The van der Waals surface area contributed by atoms with Crippen LogP contribution in [0.5, 0.6) is 0 Å². The maximum absolute atomic E-state index is 8.96. The molecule has 1 aromatic carbocycles. The number of rotatable bonds is 1. The van der Waals surface area contributed by atoms with E-state index < -0.39 is 0 Å². The second kappa shape index (κ2) is 4.28. The number of nitrogens with zero attached hydrogens (tertiary/aromatic N) is 1. The Hall–Kier alpha value is -0.600. The molecule has 2 nitrogen and oxygen atoms in total. The van der Waals surface area contributed by atoms with Crippen molar-refractivity contribution < 1.29 is 0 Å². The molecule has 0 spiro atoms. The van der Waals surface area contributed by atoms with E-state index in [-0.39, 0.29) is 5.92 Å². The molecule has 0 radical (unpaired) electrons. The van der Waals surface area contributed by atoms with Crippen molar-refractivity contribution in [3.63, 3.8) is 0 Å². The van der Waals surface area contributed by atoms with Gasteiger partial charge in [-0.15, -0.1) is 0 Å². The molecule has 1 heterocycles. The average molecular weight is 298 g/mol. The minimum atomic E-state index is 0.134. The zero-order valence-corrected chi connectivity index (χ0v) is 9.86. The lowest BCUT2D eigenvalue weighted by Gasteiger charge is -2.12. The Bertz CT molecular complexity index is 353. The standard InChI is InChI=1S/C11H11IN2/c12-10-3-1-8(2-4-10)11-7-14-6-9(11)5-13/h1-4,9,11,14H,6-7H2/t9-,11+/m0/s1. The summed E-state index contributed by atoms with van der Waals surface area (Å²) in [6, 6.07) is 10.8. The minimum absolute atomic E-state index is 0.134. The van der Waals surface area contributed by atoms with Gasteiger partial charge in [-0.3, -0.25) is 0 Å². The van der Waals surface area contributed by atoms with E-state index in [4.69, 9.17) is 5.26 Å². The predicted octanol–water partition coefficient (Wildman–Crippen LogP) is 2.12. The van der Waals surface area contributed by atoms with Crippen LogP contribution in [-0.2, 0) is 0 Å². The molecular formula is C11H11IN2. The van der Waals surface area contributed by atoms with Crippen LogP contribution >= 0.6 is 22.6 Å². The smallest absolute Gasteiger partial charge is 0.0676 e. The number of nitrogens with one attached hydrogen (secondary N) is 1. The molecule has 1 saturated heterocycles. The van der Waals surface area contributed by atoms with Crippen LogP contribution in [0.4, 0.5) is 0 Å². The molecule has 1 aliphatic rings. The molecule has 1 N–H and O–H groups in total. The van der Waals surface area contributed by atoms with Crippen molar-refractivity contribution in [1.29, 1.82) is 5.26 Å². The predicted molar refractivity (Wildman–Crippen MR) is 63.9 cm³/mol. The van der Waals surface area contributed by atoms with E-state index in [0.717, 1.165) is 13.1 Å². The van der Waals surface area contributed by atoms with Gasteiger partial charge >= 0.3 is 0 Å². The van der Waals surface area contributed by atoms with Crippen LogP contribution in [0.25, 0.3) is 0 Å². The number of nitriles is 1. The lowest BCUT2D eigenvalue weighted by atomic mass is 9.90. The molecule has 3 heteroatoms. The summed E-state index contributed by atoms with van der Waals surface area (Å²) in [5.41, 5.74) is 1.28. The van der Waals surface area contributed by atoms with Gasteiger partial charge in [0.25, 0.3) is 0 Å². The van der Waals surface area contributed by atoms with Crippen LogP contribution in [0, 0.1) is 20.8 Å². The molecule has 2 atom stereocenters. The molecule has 1 aromatic rings. The van der Waals surface area contributed by atoms with Crippen LogP contribution in [0.3, 0.4) is 0 Å². The number of hydrogen-bond acceptors (Lipinski definition) is 2. The summed E-state index contributed by atoms with van der Waals surface area (Å²) in [5, 5.41) is 12.2. The second-order valence-corrected chi connectivity index (χ2v) is 4.80. The third-order valence-corrected chi connectivity index (χ3v) is 3.40. The second-order valence-electron chi connectivity index (χ2n) is 3.55. The van der Waals surface area contributed by atoms with Crippen molar-refractivity contribution in [2.45, 2.75) is 5.92 Å². The van der Waals surface area contributed by atoms with Gasteiger partial charge in [0.05, 0.1) is 12.0 Å². The van der Waals surface area contributed by atoms with Gasteiger partial charge in [-0.1, -0.05) is 12.1 Å². The summed E-state index contributed by atoms with van der Waals surface area (Å²) in [7, 11) is 0. The number of hydrogen-bond donors (Lipinski definition) is 1. The van der Waals surface area contributed by atoms with Crippen LogP contribution in [-0.4, -0.2) is 13.1 Å². The first-order valence-electron chi connectivity index (χ1n) is 4.67. The van der Waals surface area contributed by atoms with Gasteiger partial charge in [0.2, 0.25) is 0 Å². The zero-order chi connectivity index (χ0) is 9.97. The van der Waals surface area contributed by atoms with Crippen molar-refractivity contribution in [2.24, 2.45) is 5.92 Å². The maximum Gasteiger partial charge on any atom is 0.0676 e. The summed E-state index contributed by atoms with van der Waals surface area (Å²) in [6.07, 6.45) is 0. The molecular weight excluding hydrogens is 287 g/mol. The van der Waals surface area contributed by atoms with E-state index in [9.17, 15) is 0 Å². The zero-order valence-electron chi connectivity index (χ0n) is 7.70. The Morgan fingerprint density at radius 2 is 2.00 bits per heavy atom. The van der Waals surface area contributed by atoms with E-state index in [0.29, 0.717) is 5.92 Å². The van der Waals surface area contributed by atoms with Gasteiger partial charge in [0.15, 0.2) is 0 Å². The van der Waals surface area contributed by atoms with E-state index in [1.165, 1.54) is 9.13 Å². The normalized spacial score (nSPS) is 26.0. The molecule has 2 rings (SSSR count). The highest BCUT2D eigenvalue weighted by atomic mass is 127. The van der Waals surface area contributed by atoms with Gasteiger partial charge in [-0.25, -0.2) is 0 Å². The van der Waals surface area contributed by atoms with Gasteiger partial charge in [-0.05, 0) is 40.3 Å². The van der Waals surface area contributed by atoms with Gasteiger partial charge in [-0.2, -0.15) is 5.26 Å². The summed E-state index contributed by atoms with van der Waals surface area (Å²) in [6.45, 7) is 1.76. The Balaban J connectivity index is 2.23. The summed E-state index contributed by atoms with van der Waals surface area (Å²) < 4.78 is 1.24. The first-order valence-corrected chi connectivity index (χ1v) is 5.75. The summed E-state index contributed by atoms with van der Waals surface area (Å²) in [4.78, 5) is 0. The number of halogens is 1. The van der Waals surface area contributed by atoms with Crippen molar-refractivity contribution in [3.8, 4) is 6.07 Å². The fourth-order valence-electron chi connectivity index (χ4n) is 1.87. The van der Waals surface area contributed by atoms with Crippen molar-refractivity contribution in [1.82, 2.24) is 5.32 Å². The Kier molecular flexibility index (Phi) is 3.04. The molecule has 14 heavy (non-hydrogen) atoms. The van der Waals surface area contributed by atoms with Gasteiger partial charge in [0.1, 0.15) is 0 Å². The lowest BCUT2D eigenvalue weighted by molar-refractivity contribution is 0.646. The highest BCUT2D eigenvalue weighted by Gasteiger charge is 2.27. The Morgan fingerprint density at radius 3 is 2.64 bits per heavy atom. The van der Waals surface area contributed by atoms with Crippen LogP contribution in [0.1, 0.15) is 11.5 Å². The van der Waals surface area contributed by atoms with Crippen molar-refractivity contribution >= 4 is 22.6 Å². The minimum Gasteiger partial charge on any atom is -0.315 e. The van der Waals surface area contributed by atoms with E-state index >= 15 is 0 Å². The molecule has 0 aromatic heterocycles. The van der Waals surface area contributed by atoms with E-state index in [2.05, 4.69) is 58.2 Å². The number of benzene rings is 1. The monoisotopic (exact) mass is 298 g/mol. The van der Waals surface area contributed by atoms with E-state index in [1.54, 1.807) is 0 Å². The highest BCUT2D eigenvalue weighted by Crippen LogP contribution is 2.27. The fraction of sp³-hybridized carbons (Fsp3) is 0.364. The molecule has 0 amide bonds. The van der Waals surface area contributed by atoms with Crippen LogP contribution in [0.2, 0.25) is 0 Å². The third-order valence-electron chi connectivity index (χ3n) is 2.68. The summed E-state index contributed by atoms with van der Waals surface area (Å²) >= 11 is 2.29. The molecule has 1 aliphatic heterocycles. The highest BCUT2D eigenvalue weighted by molar-refractivity contribution is 14.1. The molecule has 1 fully saturated rings. The first-order chi connectivity index (χ1) is 6.81.